The molecule has 0 amide bonds. The van der Waals surface area contributed by atoms with E-state index in [1.165, 1.54) is 0 Å². The molecule has 1 rings (SSSR count). The van der Waals surface area contributed by atoms with Gasteiger partial charge in [0.15, 0.2) is 6.10 Å². The Kier molecular flexibility index (Phi) is 6.76. The van der Waals surface area contributed by atoms with Crippen LogP contribution in [-0.4, -0.2) is 19.2 Å². The molecule has 4 heteroatoms. The van der Waals surface area contributed by atoms with Crippen molar-refractivity contribution in [3.8, 4) is 0 Å². The molecule has 0 aliphatic carbocycles. The minimum Gasteiger partial charge on any atom is -0.464 e. The van der Waals surface area contributed by atoms with Crippen molar-refractivity contribution in [3.63, 3.8) is 0 Å². The second-order valence-electron chi connectivity index (χ2n) is 3.97. The first-order valence-corrected chi connectivity index (χ1v) is 6.60. The number of rotatable bonds is 7. The van der Waals surface area contributed by atoms with E-state index in [2.05, 4.69) is 0 Å². The van der Waals surface area contributed by atoms with E-state index in [4.69, 9.17) is 21.1 Å². The average molecular weight is 271 g/mol. The SMILES string of the molecule is CCCOC(=O)C(OCCC)c1cccc(Cl)c1. The Hall–Kier alpha value is -1.06. The molecular weight excluding hydrogens is 252 g/mol. The zero-order valence-electron chi connectivity index (χ0n) is 10.8. The summed E-state index contributed by atoms with van der Waals surface area (Å²) in [7, 11) is 0. The van der Waals surface area contributed by atoms with Crippen molar-refractivity contribution >= 4 is 17.6 Å². The number of hydrogen-bond donors (Lipinski definition) is 0. The van der Waals surface area contributed by atoms with Crippen molar-refractivity contribution in [1.82, 2.24) is 0 Å². The Labute approximate surface area is 113 Å². The molecule has 1 aromatic rings. The molecule has 0 heterocycles. The van der Waals surface area contributed by atoms with E-state index >= 15 is 0 Å². The third kappa shape index (κ3) is 4.67. The quantitative estimate of drug-likeness (QED) is 0.708. The van der Waals surface area contributed by atoms with Gasteiger partial charge in [0, 0.05) is 11.6 Å². The summed E-state index contributed by atoms with van der Waals surface area (Å²) in [6, 6.07) is 7.11. The second kappa shape index (κ2) is 8.11. The van der Waals surface area contributed by atoms with Gasteiger partial charge in [-0.05, 0) is 30.5 Å². The van der Waals surface area contributed by atoms with Crippen LogP contribution in [0, 0.1) is 0 Å². The number of halogens is 1. The molecule has 100 valence electrons. The standard InChI is InChI=1S/C14H19ClO3/c1-3-8-17-13(14(16)18-9-4-2)11-6-5-7-12(15)10-11/h5-7,10,13H,3-4,8-9H2,1-2H3. The summed E-state index contributed by atoms with van der Waals surface area (Å²) in [5, 5.41) is 0.584. The smallest absolute Gasteiger partial charge is 0.339 e. The average Bonchev–Trinajstić information content (AvgIpc) is 2.37. The largest absolute Gasteiger partial charge is 0.464 e. The van der Waals surface area contributed by atoms with Gasteiger partial charge in [-0.15, -0.1) is 0 Å². The topological polar surface area (TPSA) is 35.5 Å². The van der Waals surface area contributed by atoms with Crippen LogP contribution >= 0.6 is 11.6 Å². The molecule has 0 aromatic heterocycles. The normalized spacial score (nSPS) is 12.2. The van der Waals surface area contributed by atoms with Gasteiger partial charge in [0.1, 0.15) is 0 Å². The number of hydrogen-bond acceptors (Lipinski definition) is 3. The van der Waals surface area contributed by atoms with Gasteiger partial charge in [0.25, 0.3) is 0 Å². The van der Waals surface area contributed by atoms with Crippen LogP contribution in [0.15, 0.2) is 24.3 Å². The van der Waals surface area contributed by atoms with Gasteiger partial charge >= 0.3 is 5.97 Å². The lowest BCUT2D eigenvalue weighted by molar-refractivity contribution is -0.157. The summed E-state index contributed by atoms with van der Waals surface area (Å²) >= 11 is 5.92. The summed E-state index contributed by atoms with van der Waals surface area (Å²) in [6.45, 7) is 4.87. The van der Waals surface area contributed by atoms with E-state index < -0.39 is 6.10 Å². The Morgan fingerprint density at radius 3 is 2.61 bits per heavy atom. The maximum Gasteiger partial charge on any atom is 0.339 e. The molecule has 1 aromatic carbocycles. The van der Waals surface area contributed by atoms with Gasteiger partial charge in [-0.1, -0.05) is 37.6 Å². The molecule has 1 atom stereocenters. The molecule has 0 radical (unpaired) electrons. The van der Waals surface area contributed by atoms with E-state index in [0.29, 0.717) is 18.2 Å². The maximum atomic E-state index is 11.9. The van der Waals surface area contributed by atoms with E-state index in [1.807, 2.05) is 19.9 Å². The molecule has 0 bridgehead atoms. The van der Waals surface area contributed by atoms with Crippen LogP contribution in [0.2, 0.25) is 5.02 Å². The monoisotopic (exact) mass is 270 g/mol. The van der Waals surface area contributed by atoms with Crippen molar-refractivity contribution in [2.75, 3.05) is 13.2 Å². The molecule has 0 aliphatic rings. The fraction of sp³-hybridized carbons (Fsp3) is 0.500. The molecule has 18 heavy (non-hydrogen) atoms. The fourth-order valence-electron chi connectivity index (χ4n) is 1.48. The van der Waals surface area contributed by atoms with Crippen LogP contribution in [0.1, 0.15) is 38.4 Å². The highest BCUT2D eigenvalue weighted by molar-refractivity contribution is 6.30. The van der Waals surface area contributed by atoms with Gasteiger partial charge in [-0.3, -0.25) is 0 Å². The van der Waals surface area contributed by atoms with E-state index in [0.717, 1.165) is 18.4 Å². The molecule has 1 unspecified atom stereocenters. The molecule has 0 N–H and O–H groups in total. The van der Waals surface area contributed by atoms with Crippen LogP contribution in [0.4, 0.5) is 0 Å². The molecule has 0 saturated heterocycles. The summed E-state index contributed by atoms with van der Waals surface area (Å²) in [5.41, 5.74) is 0.733. The molecule has 3 nitrogen and oxygen atoms in total. The first-order chi connectivity index (χ1) is 8.69. The summed E-state index contributed by atoms with van der Waals surface area (Å²) in [6.07, 6.45) is 0.954. The lowest BCUT2D eigenvalue weighted by Crippen LogP contribution is -2.19. The number of carbonyl (C=O) groups excluding carboxylic acids is 1. The third-order valence-electron chi connectivity index (χ3n) is 2.30. The third-order valence-corrected chi connectivity index (χ3v) is 2.54. The van der Waals surface area contributed by atoms with Gasteiger partial charge in [0.2, 0.25) is 0 Å². The zero-order chi connectivity index (χ0) is 13.4. The second-order valence-corrected chi connectivity index (χ2v) is 4.41. The number of ether oxygens (including phenoxy) is 2. The van der Waals surface area contributed by atoms with Gasteiger partial charge < -0.3 is 9.47 Å². The van der Waals surface area contributed by atoms with Crippen LogP contribution in [-0.2, 0) is 14.3 Å². The highest BCUT2D eigenvalue weighted by atomic mass is 35.5. The van der Waals surface area contributed by atoms with E-state index in [-0.39, 0.29) is 5.97 Å². The Bertz CT molecular complexity index is 379. The van der Waals surface area contributed by atoms with E-state index in [9.17, 15) is 4.79 Å². The van der Waals surface area contributed by atoms with Crippen molar-refractivity contribution < 1.29 is 14.3 Å². The Balaban J connectivity index is 2.80. The lowest BCUT2D eigenvalue weighted by atomic mass is 10.1. The molecule has 0 saturated carbocycles. The van der Waals surface area contributed by atoms with Gasteiger partial charge in [0.05, 0.1) is 6.61 Å². The number of esters is 1. The Morgan fingerprint density at radius 1 is 1.28 bits per heavy atom. The first kappa shape index (κ1) is 15.0. The van der Waals surface area contributed by atoms with E-state index in [1.54, 1.807) is 18.2 Å². The Morgan fingerprint density at radius 2 is 2.00 bits per heavy atom. The van der Waals surface area contributed by atoms with Gasteiger partial charge in [-0.2, -0.15) is 0 Å². The van der Waals surface area contributed by atoms with Crippen LogP contribution < -0.4 is 0 Å². The molecule has 0 aliphatic heterocycles. The van der Waals surface area contributed by atoms with Crippen molar-refractivity contribution in [3.05, 3.63) is 34.9 Å². The fourth-order valence-corrected chi connectivity index (χ4v) is 1.68. The molecule has 0 fully saturated rings. The van der Waals surface area contributed by atoms with Crippen LogP contribution in [0.3, 0.4) is 0 Å². The number of carbonyl (C=O) groups is 1. The predicted molar refractivity (Wildman–Crippen MR) is 71.7 cm³/mol. The lowest BCUT2D eigenvalue weighted by Gasteiger charge is -2.17. The highest BCUT2D eigenvalue weighted by Crippen LogP contribution is 2.22. The highest BCUT2D eigenvalue weighted by Gasteiger charge is 2.22. The minimum absolute atomic E-state index is 0.354. The summed E-state index contributed by atoms with van der Waals surface area (Å²) in [5.74, 6) is -0.354. The molecular formula is C14H19ClO3. The minimum atomic E-state index is -0.685. The summed E-state index contributed by atoms with van der Waals surface area (Å²) in [4.78, 5) is 11.9. The number of benzene rings is 1. The maximum absolute atomic E-state index is 11.9. The van der Waals surface area contributed by atoms with Crippen molar-refractivity contribution in [2.45, 2.75) is 32.8 Å². The molecule has 0 spiro atoms. The van der Waals surface area contributed by atoms with Crippen LogP contribution in [0.5, 0.6) is 0 Å². The van der Waals surface area contributed by atoms with Crippen LogP contribution in [0.25, 0.3) is 0 Å². The summed E-state index contributed by atoms with van der Waals surface area (Å²) < 4.78 is 10.7. The van der Waals surface area contributed by atoms with Crippen molar-refractivity contribution in [2.24, 2.45) is 0 Å². The zero-order valence-corrected chi connectivity index (χ0v) is 11.6. The predicted octanol–water partition coefficient (Wildman–Crippen LogP) is 3.76. The van der Waals surface area contributed by atoms with Crippen molar-refractivity contribution in [1.29, 1.82) is 0 Å². The van der Waals surface area contributed by atoms with Gasteiger partial charge in [-0.25, -0.2) is 4.79 Å². The first-order valence-electron chi connectivity index (χ1n) is 6.22.